The minimum absolute atomic E-state index is 0.484. The molecule has 1 aromatic rings. The van der Waals surface area contributed by atoms with Crippen molar-refractivity contribution in [3.8, 4) is 5.75 Å². The van der Waals surface area contributed by atoms with E-state index in [1.165, 1.54) is 0 Å². The van der Waals surface area contributed by atoms with E-state index in [9.17, 15) is 5.11 Å². The third-order valence-corrected chi connectivity index (χ3v) is 2.09. The first kappa shape index (κ1) is 10.8. The maximum absolute atomic E-state index is 9.83. The number of para-hydroxylation sites is 1. The number of hydrogen-bond acceptors (Lipinski definition) is 2. The van der Waals surface area contributed by atoms with Crippen LogP contribution in [0.4, 0.5) is 0 Å². The first-order valence-electron chi connectivity index (χ1n) is 4.71. The number of hydrogen-bond donors (Lipinski definition) is 1. The van der Waals surface area contributed by atoms with Crippen LogP contribution in [0, 0.1) is 0 Å². The Bertz CT molecular complexity index is 305. The summed E-state index contributed by atoms with van der Waals surface area (Å²) in [5.74, 6) is 0.740. The summed E-state index contributed by atoms with van der Waals surface area (Å²) in [6.07, 6.45) is 4.01. The van der Waals surface area contributed by atoms with Gasteiger partial charge in [0.1, 0.15) is 5.75 Å². The summed E-state index contributed by atoms with van der Waals surface area (Å²) in [5, 5.41) is 9.83. The fourth-order valence-electron chi connectivity index (χ4n) is 1.33. The standard InChI is InChI=1S/C12H16O2/c1-3-4-8-11(13)10-7-5-6-9-12(10)14-2/h3-7,9,11,13H,8H2,1-2H3/b4-3+. The van der Waals surface area contributed by atoms with Crippen LogP contribution in [0.15, 0.2) is 36.4 Å². The van der Waals surface area contributed by atoms with Crippen molar-refractivity contribution in [1.82, 2.24) is 0 Å². The van der Waals surface area contributed by atoms with Gasteiger partial charge in [0.2, 0.25) is 0 Å². The normalized spacial score (nSPS) is 13.1. The molecule has 1 rings (SSSR count). The minimum atomic E-state index is -0.484. The van der Waals surface area contributed by atoms with E-state index in [0.29, 0.717) is 6.42 Å². The van der Waals surface area contributed by atoms with Gasteiger partial charge in [-0.1, -0.05) is 30.4 Å². The van der Waals surface area contributed by atoms with Crippen molar-refractivity contribution >= 4 is 0 Å². The van der Waals surface area contributed by atoms with Gasteiger partial charge >= 0.3 is 0 Å². The molecule has 0 radical (unpaired) electrons. The van der Waals surface area contributed by atoms with Crippen molar-refractivity contribution in [3.63, 3.8) is 0 Å². The summed E-state index contributed by atoms with van der Waals surface area (Å²) < 4.78 is 5.16. The van der Waals surface area contributed by atoms with Crippen LogP contribution in [-0.4, -0.2) is 12.2 Å². The van der Waals surface area contributed by atoms with E-state index in [1.807, 2.05) is 43.3 Å². The van der Waals surface area contributed by atoms with Gasteiger partial charge in [0, 0.05) is 5.56 Å². The molecule has 0 saturated heterocycles. The van der Waals surface area contributed by atoms with Gasteiger partial charge in [-0.3, -0.25) is 0 Å². The highest BCUT2D eigenvalue weighted by molar-refractivity contribution is 5.35. The molecule has 0 aliphatic carbocycles. The predicted molar refractivity (Wildman–Crippen MR) is 57.4 cm³/mol. The highest BCUT2D eigenvalue weighted by atomic mass is 16.5. The lowest BCUT2D eigenvalue weighted by atomic mass is 10.1. The number of ether oxygens (including phenoxy) is 1. The molecule has 0 amide bonds. The largest absolute Gasteiger partial charge is 0.496 e. The maximum Gasteiger partial charge on any atom is 0.124 e. The topological polar surface area (TPSA) is 29.5 Å². The van der Waals surface area contributed by atoms with Gasteiger partial charge < -0.3 is 9.84 Å². The molecule has 1 atom stereocenters. The molecule has 0 fully saturated rings. The van der Waals surface area contributed by atoms with Gasteiger partial charge in [-0.05, 0) is 19.4 Å². The second-order valence-corrected chi connectivity index (χ2v) is 3.06. The lowest BCUT2D eigenvalue weighted by Crippen LogP contribution is -1.98. The quantitative estimate of drug-likeness (QED) is 0.743. The van der Waals surface area contributed by atoms with Crippen LogP contribution in [0.2, 0.25) is 0 Å². The Kier molecular flexibility index (Phi) is 4.20. The molecule has 0 bridgehead atoms. The molecule has 2 nitrogen and oxygen atoms in total. The first-order valence-corrected chi connectivity index (χ1v) is 4.71. The van der Waals surface area contributed by atoms with Gasteiger partial charge in [0.25, 0.3) is 0 Å². The summed E-state index contributed by atoms with van der Waals surface area (Å²) in [7, 11) is 1.61. The molecule has 0 heterocycles. The Morgan fingerprint density at radius 1 is 1.43 bits per heavy atom. The third kappa shape index (κ3) is 2.60. The van der Waals surface area contributed by atoms with Crippen LogP contribution in [0.1, 0.15) is 25.0 Å². The summed E-state index contributed by atoms with van der Waals surface area (Å²) >= 11 is 0. The summed E-state index contributed by atoms with van der Waals surface area (Å²) in [6, 6.07) is 7.53. The molecule has 0 saturated carbocycles. The SMILES string of the molecule is C/C=C/CC(O)c1ccccc1OC. The number of aliphatic hydroxyl groups excluding tert-OH is 1. The van der Waals surface area contributed by atoms with Crippen LogP contribution in [0.5, 0.6) is 5.75 Å². The van der Waals surface area contributed by atoms with Crippen LogP contribution in [0.25, 0.3) is 0 Å². The van der Waals surface area contributed by atoms with Gasteiger partial charge in [-0.15, -0.1) is 0 Å². The molecule has 1 unspecified atom stereocenters. The highest BCUT2D eigenvalue weighted by Gasteiger charge is 2.10. The van der Waals surface area contributed by atoms with Crippen molar-refractivity contribution in [2.24, 2.45) is 0 Å². The summed E-state index contributed by atoms with van der Waals surface area (Å²) in [5.41, 5.74) is 0.841. The third-order valence-electron chi connectivity index (χ3n) is 2.09. The number of benzene rings is 1. The molecule has 0 aliphatic rings. The predicted octanol–water partition coefficient (Wildman–Crippen LogP) is 2.69. The number of aliphatic hydroxyl groups is 1. The van der Waals surface area contributed by atoms with Crippen molar-refractivity contribution in [2.45, 2.75) is 19.4 Å². The van der Waals surface area contributed by atoms with Crippen LogP contribution in [-0.2, 0) is 0 Å². The molecule has 2 heteroatoms. The van der Waals surface area contributed by atoms with E-state index in [-0.39, 0.29) is 0 Å². The molecule has 14 heavy (non-hydrogen) atoms. The number of allylic oxidation sites excluding steroid dienone is 1. The highest BCUT2D eigenvalue weighted by Crippen LogP contribution is 2.26. The van der Waals surface area contributed by atoms with E-state index >= 15 is 0 Å². The zero-order valence-electron chi connectivity index (χ0n) is 8.60. The molecular formula is C12H16O2. The van der Waals surface area contributed by atoms with Gasteiger partial charge in [0.15, 0.2) is 0 Å². The second-order valence-electron chi connectivity index (χ2n) is 3.06. The smallest absolute Gasteiger partial charge is 0.124 e. The van der Waals surface area contributed by atoms with Crippen LogP contribution < -0.4 is 4.74 Å². The Morgan fingerprint density at radius 2 is 2.14 bits per heavy atom. The van der Waals surface area contributed by atoms with E-state index in [2.05, 4.69) is 0 Å². The molecule has 1 N–H and O–H groups in total. The maximum atomic E-state index is 9.83. The average molecular weight is 192 g/mol. The molecular weight excluding hydrogens is 176 g/mol. The molecule has 0 aliphatic heterocycles. The zero-order chi connectivity index (χ0) is 10.4. The monoisotopic (exact) mass is 192 g/mol. The second kappa shape index (κ2) is 5.45. The lowest BCUT2D eigenvalue weighted by molar-refractivity contribution is 0.177. The summed E-state index contributed by atoms with van der Waals surface area (Å²) in [4.78, 5) is 0. The molecule has 0 aromatic heterocycles. The van der Waals surface area contributed by atoms with Crippen molar-refractivity contribution in [1.29, 1.82) is 0 Å². The molecule has 0 spiro atoms. The lowest BCUT2D eigenvalue weighted by Gasteiger charge is -2.12. The Hall–Kier alpha value is -1.28. The Labute approximate surface area is 84.8 Å². The molecule has 1 aromatic carbocycles. The number of methoxy groups -OCH3 is 1. The van der Waals surface area contributed by atoms with Gasteiger partial charge in [-0.25, -0.2) is 0 Å². The molecule has 76 valence electrons. The Morgan fingerprint density at radius 3 is 2.79 bits per heavy atom. The van der Waals surface area contributed by atoms with Crippen LogP contribution >= 0.6 is 0 Å². The zero-order valence-corrected chi connectivity index (χ0v) is 8.60. The van der Waals surface area contributed by atoms with E-state index in [0.717, 1.165) is 11.3 Å². The van der Waals surface area contributed by atoms with Crippen molar-refractivity contribution < 1.29 is 9.84 Å². The fraction of sp³-hybridized carbons (Fsp3) is 0.333. The average Bonchev–Trinajstić information content (AvgIpc) is 2.25. The van der Waals surface area contributed by atoms with E-state index in [1.54, 1.807) is 7.11 Å². The van der Waals surface area contributed by atoms with Gasteiger partial charge in [-0.2, -0.15) is 0 Å². The van der Waals surface area contributed by atoms with Crippen molar-refractivity contribution in [3.05, 3.63) is 42.0 Å². The van der Waals surface area contributed by atoms with E-state index < -0.39 is 6.10 Å². The Balaban J connectivity index is 2.82. The first-order chi connectivity index (χ1) is 6.79. The van der Waals surface area contributed by atoms with Gasteiger partial charge in [0.05, 0.1) is 13.2 Å². The van der Waals surface area contributed by atoms with Crippen molar-refractivity contribution in [2.75, 3.05) is 7.11 Å². The fourth-order valence-corrected chi connectivity index (χ4v) is 1.33. The van der Waals surface area contributed by atoms with Crippen LogP contribution in [0.3, 0.4) is 0 Å². The summed E-state index contributed by atoms with van der Waals surface area (Å²) in [6.45, 7) is 1.94. The minimum Gasteiger partial charge on any atom is -0.496 e. The number of rotatable bonds is 4. The van der Waals surface area contributed by atoms with E-state index in [4.69, 9.17) is 4.74 Å².